The third-order valence-corrected chi connectivity index (χ3v) is 5.79. The van der Waals surface area contributed by atoms with Gasteiger partial charge >= 0.3 is 0 Å². The molecule has 0 N–H and O–H groups in total. The number of carbonyl (C=O) groups is 1. The molecule has 0 bridgehead atoms. The van der Waals surface area contributed by atoms with Gasteiger partial charge in [-0.15, -0.1) is 11.8 Å². The number of benzene rings is 1. The van der Waals surface area contributed by atoms with Crippen LogP contribution in [0.15, 0.2) is 18.2 Å². The van der Waals surface area contributed by atoms with Crippen LogP contribution in [0, 0.1) is 20.7 Å². The van der Waals surface area contributed by atoms with E-state index in [1.807, 2.05) is 28.8 Å². The maximum Gasteiger partial charge on any atom is 0.254 e. The van der Waals surface area contributed by atoms with Crippen LogP contribution in [-0.4, -0.2) is 34.9 Å². The molecule has 3 nitrogen and oxygen atoms in total. The Morgan fingerprint density at radius 2 is 2.15 bits per heavy atom. The van der Waals surface area contributed by atoms with E-state index in [1.54, 1.807) is 16.7 Å². The van der Waals surface area contributed by atoms with Crippen molar-refractivity contribution in [3.05, 3.63) is 33.1 Å². The standard InChI is InChI=1S/C14H14FIN2OS/c1-20-14(9-17)4-6-18(7-5-14)13(19)11-3-2-10(15)8-12(11)16/h2-3,8H,4-7H2,1H3. The maximum absolute atomic E-state index is 13.1. The summed E-state index contributed by atoms with van der Waals surface area (Å²) in [4.78, 5) is 14.2. The van der Waals surface area contributed by atoms with E-state index in [1.165, 1.54) is 18.2 Å². The van der Waals surface area contributed by atoms with Gasteiger partial charge in [0.25, 0.3) is 5.91 Å². The molecule has 0 unspecified atom stereocenters. The minimum Gasteiger partial charge on any atom is -0.338 e. The first-order valence-electron chi connectivity index (χ1n) is 6.22. The number of likely N-dealkylation sites (tertiary alicyclic amines) is 1. The molecule has 1 aromatic carbocycles. The lowest BCUT2D eigenvalue weighted by atomic mass is 9.96. The number of amides is 1. The van der Waals surface area contributed by atoms with Crippen LogP contribution in [0.5, 0.6) is 0 Å². The highest BCUT2D eigenvalue weighted by Gasteiger charge is 2.35. The van der Waals surface area contributed by atoms with Gasteiger partial charge in [-0.2, -0.15) is 5.26 Å². The maximum atomic E-state index is 13.1. The van der Waals surface area contributed by atoms with Crippen LogP contribution in [0.1, 0.15) is 23.2 Å². The van der Waals surface area contributed by atoms with Gasteiger partial charge in [0, 0.05) is 16.7 Å². The first-order chi connectivity index (χ1) is 9.51. The fraction of sp³-hybridized carbons (Fsp3) is 0.429. The first-order valence-corrected chi connectivity index (χ1v) is 8.52. The Bertz CT molecular complexity index is 565. The van der Waals surface area contributed by atoms with Crippen molar-refractivity contribution in [3.8, 4) is 6.07 Å². The fourth-order valence-corrected chi connectivity index (χ4v) is 3.66. The fourth-order valence-electron chi connectivity index (χ4n) is 2.27. The van der Waals surface area contributed by atoms with Crippen LogP contribution in [0.25, 0.3) is 0 Å². The van der Waals surface area contributed by atoms with E-state index < -0.39 is 0 Å². The van der Waals surface area contributed by atoms with Gasteiger partial charge < -0.3 is 4.90 Å². The minimum atomic E-state index is -0.368. The van der Waals surface area contributed by atoms with Gasteiger partial charge in [-0.25, -0.2) is 4.39 Å². The molecule has 20 heavy (non-hydrogen) atoms. The zero-order valence-corrected chi connectivity index (χ0v) is 14.0. The van der Waals surface area contributed by atoms with Gasteiger partial charge in [-0.1, -0.05) is 0 Å². The lowest BCUT2D eigenvalue weighted by molar-refractivity contribution is 0.0715. The van der Waals surface area contributed by atoms with Crippen LogP contribution in [0.3, 0.4) is 0 Å². The zero-order valence-electron chi connectivity index (χ0n) is 11.0. The number of piperidine rings is 1. The first kappa shape index (κ1) is 15.6. The second kappa shape index (κ2) is 6.31. The molecule has 0 radical (unpaired) electrons. The molecule has 1 saturated heterocycles. The number of nitrogens with zero attached hydrogens (tertiary/aromatic N) is 2. The average Bonchev–Trinajstić information content (AvgIpc) is 2.47. The highest BCUT2D eigenvalue weighted by molar-refractivity contribution is 14.1. The summed E-state index contributed by atoms with van der Waals surface area (Å²) in [7, 11) is 0. The normalized spacial score (nSPS) is 17.6. The molecule has 106 valence electrons. The van der Waals surface area contributed by atoms with Crippen molar-refractivity contribution in [2.75, 3.05) is 19.3 Å². The predicted octanol–water partition coefficient (Wildman–Crippen LogP) is 3.29. The Labute approximate surface area is 135 Å². The van der Waals surface area contributed by atoms with Crippen LogP contribution in [0.4, 0.5) is 4.39 Å². The van der Waals surface area contributed by atoms with Gasteiger partial charge in [0.1, 0.15) is 10.6 Å². The highest BCUT2D eigenvalue weighted by Crippen LogP contribution is 2.34. The molecule has 0 aromatic heterocycles. The van der Waals surface area contributed by atoms with Gasteiger partial charge in [-0.3, -0.25) is 4.79 Å². The topological polar surface area (TPSA) is 44.1 Å². The van der Waals surface area contributed by atoms with Crippen molar-refractivity contribution in [3.63, 3.8) is 0 Å². The summed E-state index contributed by atoms with van der Waals surface area (Å²) in [5.41, 5.74) is 0.528. The van der Waals surface area contributed by atoms with E-state index in [0.717, 1.165) is 0 Å². The van der Waals surface area contributed by atoms with Crippen molar-refractivity contribution < 1.29 is 9.18 Å². The van der Waals surface area contributed by atoms with Gasteiger partial charge in [0.2, 0.25) is 0 Å². The van der Waals surface area contributed by atoms with E-state index in [-0.39, 0.29) is 16.5 Å². The Kier molecular flexibility index (Phi) is 4.91. The number of hydrogen-bond donors (Lipinski definition) is 0. The Morgan fingerprint density at radius 3 is 2.65 bits per heavy atom. The molecule has 0 saturated carbocycles. The van der Waals surface area contributed by atoms with Crippen molar-refractivity contribution in [2.24, 2.45) is 0 Å². The summed E-state index contributed by atoms with van der Waals surface area (Å²) in [6.45, 7) is 1.14. The van der Waals surface area contributed by atoms with E-state index in [4.69, 9.17) is 0 Å². The third-order valence-electron chi connectivity index (χ3n) is 3.61. The summed E-state index contributed by atoms with van der Waals surface area (Å²) in [5.74, 6) is -0.419. The molecule has 1 amide bonds. The van der Waals surface area contributed by atoms with Crippen LogP contribution in [0.2, 0.25) is 0 Å². The quantitative estimate of drug-likeness (QED) is 0.711. The lowest BCUT2D eigenvalue weighted by Gasteiger charge is -2.36. The molecule has 1 fully saturated rings. The number of nitriles is 1. The summed E-state index contributed by atoms with van der Waals surface area (Å²) >= 11 is 3.53. The predicted molar refractivity (Wildman–Crippen MR) is 86.1 cm³/mol. The number of hydrogen-bond acceptors (Lipinski definition) is 3. The van der Waals surface area contributed by atoms with Gasteiger partial charge in [0.15, 0.2) is 0 Å². The molecule has 1 aliphatic heterocycles. The van der Waals surface area contributed by atoms with E-state index in [9.17, 15) is 14.4 Å². The Morgan fingerprint density at radius 1 is 1.50 bits per heavy atom. The molecular weight excluding hydrogens is 390 g/mol. The molecule has 2 rings (SSSR count). The smallest absolute Gasteiger partial charge is 0.254 e. The SMILES string of the molecule is CSC1(C#N)CCN(C(=O)c2ccc(F)cc2I)CC1. The van der Waals surface area contributed by atoms with Crippen LogP contribution < -0.4 is 0 Å². The molecule has 1 aliphatic rings. The number of rotatable bonds is 2. The number of carbonyl (C=O) groups excluding carboxylic acids is 1. The molecular formula is C14H14FIN2OS. The van der Waals surface area contributed by atoms with Crippen molar-refractivity contribution in [2.45, 2.75) is 17.6 Å². The average molecular weight is 404 g/mol. The Hall–Kier alpha value is -0.810. The largest absolute Gasteiger partial charge is 0.338 e. The lowest BCUT2D eigenvalue weighted by Crippen LogP contribution is -2.44. The van der Waals surface area contributed by atoms with Gasteiger partial charge in [0.05, 0.1) is 11.6 Å². The van der Waals surface area contributed by atoms with Crippen LogP contribution in [-0.2, 0) is 0 Å². The number of halogens is 2. The van der Waals surface area contributed by atoms with Crippen molar-refractivity contribution >= 4 is 40.3 Å². The second-order valence-corrected chi connectivity index (χ2v) is 7.08. The summed E-state index contributed by atoms with van der Waals surface area (Å²) in [5, 5.41) is 9.24. The molecule has 0 spiro atoms. The Balaban J connectivity index is 2.11. The number of thioether (sulfide) groups is 1. The highest BCUT2D eigenvalue weighted by atomic mass is 127. The van der Waals surface area contributed by atoms with E-state index in [0.29, 0.717) is 35.1 Å². The summed E-state index contributed by atoms with van der Waals surface area (Å²) in [6, 6.07) is 6.55. The van der Waals surface area contributed by atoms with Crippen LogP contribution >= 0.6 is 34.4 Å². The molecule has 1 aromatic rings. The molecule has 6 heteroatoms. The molecule has 1 heterocycles. The van der Waals surface area contributed by atoms with Crippen molar-refractivity contribution in [1.82, 2.24) is 4.90 Å². The van der Waals surface area contributed by atoms with Gasteiger partial charge in [-0.05, 0) is 59.9 Å². The monoisotopic (exact) mass is 404 g/mol. The van der Waals surface area contributed by atoms with Crippen molar-refractivity contribution in [1.29, 1.82) is 5.26 Å². The zero-order chi connectivity index (χ0) is 14.8. The van der Waals surface area contributed by atoms with E-state index in [2.05, 4.69) is 6.07 Å². The minimum absolute atomic E-state index is 0.0814. The second-order valence-electron chi connectivity index (χ2n) is 4.73. The molecule has 0 aliphatic carbocycles. The molecule has 0 atom stereocenters. The third kappa shape index (κ3) is 3.09. The summed E-state index contributed by atoms with van der Waals surface area (Å²) < 4.78 is 13.3. The van der Waals surface area contributed by atoms with E-state index >= 15 is 0 Å². The summed E-state index contributed by atoms with van der Waals surface area (Å²) in [6.07, 6.45) is 3.28.